The van der Waals surface area contributed by atoms with E-state index < -0.39 is 18.0 Å². The maximum absolute atomic E-state index is 13.3. The van der Waals surface area contributed by atoms with Gasteiger partial charge in [0.25, 0.3) is 0 Å². The van der Waals surface area contributed by atoms with Crippen LogP contribution in [-0.2, 0) is 17.8 Å². The molecular weight excluding hydrogens is 488 g/mol. The summed E-state index contributed by atoms with van der Waals surface area (Å²) < 4.78 is 0. The fraction of sp³-hybridized carbons (Fsp3) is 0.250. The van der Waals surface area contributed by atoms with Crippen molar-refractivity contribution in [3.8, 4) is 11.5 Å². The Morgan fingerprint density at radius 1 is 0.868 bits per heavy atom. The molecule has 1 aliphatic rings. The molecule has 0 spiro atoms. The van der Waals surface area contributed by atoms with E-state index in [2.05, 4.69) is 20.9 Å². The Hall–Kier alpha value is -4.57. The molecule has 0 aromatic heterocycles. The van der Waals surface area contributed by atoms with Crippen LogP contribution in [0.15, 0.2) is 72.8 Å². The maximum atomic E-state index is 13.3. The zero-order valence-electron chi connectivity index (χ0n) is 20.6. The highest BCUT2D eigenvalue weighted by Crippen LogP contribution is 2.17. The molecule has 0 saturated carbocycles. The van der Waals surface area contributed by atoms with Gasteiger partial charge in [0.05, 0.1) is 5.56 Å². The van der Waals surface area contributed by atoms with Gasteiger partial charge in [-0.2, -0.15) is 0 Å². The van der Waals surface area contributed by atoms with Gasteiger partial charge >= 0.3 is 12.0 Å². The van der Waals surface area contributed by atoms with E-state index in [9.17, 15) is 24.6 Å². The second-order valence-electron chi connectivity index (χ2n) is 9.30. The number of nitrogens with zero attached hydrogens (tertiary/aromatic N) is 1. The first-order valence-electron chi connectivity index (χ1n) is 12.2. The number of aromatic carboxylic acids is 1. The van der Waals surface area contributed by atoms with Crippen LogP contribution in [0.1, 0.15) is 27.9 Å². The fourth-order valence-corrected chi connectivity index (χ4v) is 4.35. The van der Waals surface area contributed by atoms with Crippen molar-refractivity contribution in [1.82, 2.24) is 15.5 Å². The predicted molar refractivity (Wildman–Crippen MR) is 141 cm³/mol. The number of rotatable bonds is 9. The molecule has 10 nitrogen and oxygen atoms in total. The molecule has 1 saturated heterocycles. The monoisotopic (exact) mass is 518 g/mol. The standard InChI is InChI=1S/C28H30N4O6/c33-23-9-1-18(2-10-23)15-25(31-28(38)30-21-7-5-20(6-8-21)27(36)37)26(35)29-22-13-14-32(17-22)16-19-3-11-24(34)12-4-19/h1-12,22,25,33-34H,13-17H2,(H,29,35)(H,36,37)(H2,30,31,38)/t22-,25-/m0/s1. The number of hydrogen-bond acceptors (Lipinski definition) is 6. The SMILES string of the molecule is O=C(Nc1ccc(C(=O)O)cc1)N[C@@H](Cc1ccc(O)cc1)C(=O)N[C@H]1CCN(Cc2ccc(O)cc2)C1. The summed E-state index contributed by atoms with van der Waals surface area (Å²) in [5, 5.41) is 36.5. The van der Waals surface area contributed by atoms with Gasteiger partial charge in [-0.25, -0.2) is 9.59 Å². The van der Waals surface area contributed by atoms with Crippen molar-refractivity contribution in [2.75, 3.05) is 18.4 Å². The second-order valence-corrected chi connectivity index (χ2v) is 9.30. The van der Waals surface area contributed by atoms with Gasteiger partial charge in [-0.3, -0.25) is 9.69 Å². The van der Waals surface area contributed by atoms with E-state index in [-0.39, 0.29) is 35.4 Å². The molecule has 6 N–H and O–H groups in total. The third kappa shape index (κ3) is 7.47. The Morgan fingerprint density at radius 2 is 1.47 bits per heavy atom. The maximum Gasteiger partial charge on any atom is 0.335 e. The van der Waals surface area contributed by atoms with Crippen molar-refractivity contribution in [2.24, 2.45) is 0 Å². The molecule has 1 aliphatic heterocycles. The van der Waals surface area contributed by atoms with E-state index in [0.29, 0.717) is 18.8 Å². The van der Waals surface area contributed by atoms with Crippen molar-refractivity contribution in [3.05, 3.63) is 89.5 Å². The smallest absolute Gasteiger partial charge is 0.335 e. The summed E-state index contributed by atoms with van der Waals surface area (Å²) in [5.74, 6) is -1.08. The minimum atomic E-state index is -1.07. The molecule has 1 fully saturated rings. The van der Waals surface area contributed by atoms with E-state index in [4.69, 9.17) is 5.11 Å². The average molecular weight is 519 g/mol. The fourth-order valence-electron chi connectivity index (χ4n) is 4.35. The molecule has 38 heavy (non-hydrogen) atoms. The molecule has 3 amide bonds. The Balaban J connectivity index is 1.37. The highest BCUT2D eigenvalue weighted by Gasteiger charge is 2.28. The van der Waals surface area contributed by atoms with E-state index >= 15 is 0 Å². The number of carboxylic acids is 1. The Labute approximate surface area is 219 Å². The number of phenols is 2. The molecule has 3 aromatic carbocycles. The van der Waals surface area contributed by atoms with Crippen LogP contribution in [0.4, 0.5) is 10.5 Å². The Kier molecular flexibility index (Phi) is 8.44. The number of phenolic OH excluding ortho intramolecular Hbond substituents is 2. The Bertz CT molecular complexity index is 1260. The first-order chi connectivity index (χ1) is 18.2. The number of carbonyl (C=O) groups is 3. The van der Waals surface area contributed by atoms with Crippen LogP contribution in [0, 0.1) is 0 Å². The summed E-state index contributed by atoms with van der Waals surface area (Å²) in [6.45, 7) is 2.15. The quantitative estimate of drug-likeness (QED) is 0.255. The normalized spacial score (nSPS) is 15.9. The summed E-state index contributed by atoms with van der Waals surface area (Å²) in [4.78, 5) is 39.2. The number of nitrogens with one attached hydrogen (secondary N) is 3. The number of aromatic hydroxyl groups is 2. The molecule has 4 rings (SSSR count). The van der Waals surface area contributed by atoms with Crippen LogP contribution < -0.4 is 16.0 Å². The van der Waals surface area contributed by atoms with Crippen LogP contribution in [0.25, 0.3) is 0 Å². The molecule has 0 bridgehead atoms. The van der Waals surface area contributed by atoms with Crippen molar-refractivity contribution in [3.63, 3.8) is 0 Å². The Morgan fingerprint density at radius 3 is 2.08 bits per heavy atom. The average Bonchev–Trinajstić information content (AvgIpc) is 3.33. The van der Waals surface area contributed by atoms with Gasteiger partial charge in [0, 0.05) is 37.8 Å². The minimum Gasteiger partial charge on any atom is -0.508 e. The molecule has 1 heterocycles. The van der Waals surface area contributed by atoms with Gasteiger partial charge in [-0.1, -0.05) is 24.3 Å². The van der Waals surface area contributed by atoms with Gasteiger partial charge in [0.1, 0.15) is 17.5 Å². The third-order valence-electron chi connectivity index (χ3n) is 6.35. The molecule has 0 aliphatic carbocycles. The van der Waals surface area contributed by atoms with E-state index in [1.807, 2.05) is 12.1 Å². The van der Waals surface area contributed by atoms with Crippen LogP contribution in [0.3, 0.4) is 0 Å². The molecule has 3 aromatic rings. The molecule has 198 valence electrons. The van der Waals surface area contributed by atoms with Crippen molar-refractivity contribution in [1.29, 1.82) is 0 Å². The lowest BCUT2D eigenvalue weighted by Gasteiger charge is -2.22. The summed E-state index contributed by atoms with van der Waals surface area (Å²) in [5.41, 5.74) is 2.30. The van der Waals surface area contributed by atoms with Gasteiger partial charge in [-0.15, -0.1) is 0 Å². The lowest BCUT2D eigenvalue weighted by Crippen LogP contribution is -2.52. The molecular formula is C28H30N4O6. The number of likely N-dealkylation sites (tertiary alicyclic amines) is 1. The first kappa shape index (κ1) is 26.5. The van der Waals surface area contributed by atoms with Crippen molar-refractivity contribution >= 4 is 23.6 Å². The lowest BCUT2D eigenvalue weighted by atomic mass is 10.0. The molecule has 10 heteroatoms. The van der Waals surface area contributed by atoms with Gasteiger partial charge in [-0.05, 0) is 66.1 Å². The zero-order chi connectivity index (χ0) is 27.1. The molecule has 2 atom stereocenters. The van der Waals surface area contributed by atoms with Crippen LogP contribution in [0.2, 0.25) is 0 Å². The van der Waals surface area contributed by atoms with Gasteiger partial charge < -0.3 is 31.3 Å². The summed E-state index contributed by atoms with van der Waals surface area (Å²) in [6.07, 6.45) is 0.972. The van der Waals surface area contributed by atoms with Crippen molar-refractivity contribution in [2.45, 2.75) is 31.5 Å². The number of urea groups is 1. The van der Waals surface area contributed by atoms with Gasteiger partial charge in [0.2, 0.25) is 5.91 Å². The number of carbonyl (C=O) groups excluding carboxylic acids is 2. The molecule has 0 unspecified atom stereocenters. The van der Waals surface area contributed by atoms with Crippen molar-refractivity contribution < 1.29 is 29.7 Å². The zero-order valence-corrected chi connectivity index (χ0v) is 20.6. The van der Waals surface area contributed by atoms with Crippen LogP contribution in [-0.4, -0.2) is 63.3 Å². The number of amides is 3. The molecule has 0 radical (unpaired) electrons. The predicted octanol–water partition coefficient (Wildman–Crippen LogP) is 2.92. The summed E-state index contributed by atoms with van der Waals surface area (Å²) in [6, 6.07) is 17.6. The summed E-state index contributed by atoms with van der Waals surface area (Å²) >= 11 is 0. The number of anilines is 1. The van der Waals surface area contributed by atoms with E-state index in [1.54, 1.807) is 24.3 Å². The summed E-state index contributed by atoms with van der Waals surface area (Å²) in [7, 11) is 0. The second kappa shape index (κ2) is 12.1. The minimum absolute atomic E-state index is 0.0876. The highest BCUT2D eigenvalue weighted by atomic mass is 16.4. The lowest BCUT2D eigenvalue weighted by molar-refractivity contribution is -0.123. The van der Waals surface area contributed by atoms with Crippen LogP contribution >= 0.6 is 0 Å². The van der Waals surface area contributed by atoms with E-state index in [0.717, 1.165) is 24.1 Å². The number of benzene rings is 3. The third-order valence-corrected chi connectivity index (χ3v) is 6.35. The van der Waals surface area contributed by atoms with Crippen LogP contribution in [0.5, 0.6) is 11.5 Å². The number of carboxylic acid groups (broad SMARTS) is 1. The largest absolute Gasteiger partial charge is 0.508 e. The van der Waals surface area contributed by atoms with Gasteiger partial charge in [0.15, 0.2) is 0 Å². The number of hydrogen-bond donors (Lipinski definition) is 6. The first-order valence-corrected chi connectivity index (χ1v) is 12.2. The van der Waals surface area contributed by atoms with E-state index in [1.165, 1.54) is 36.4 Å². The highest BCUT2D eigenvalue weighted by molar-refractivity contribution is 5.94. The topological polar surface area (TPSA) is 151 Å².